The number of nitrogens with one attached hydrogen (secondary N) is 2. The number of hydrogen-bond acceptors (Lipinski definition) is 7. The molecule has 0 amide bonds. The largest absolute Gasteiger partial charge is 0.357 e. The van der Waals surface area contributed by atoms with Crippen LogP contribution in [0.4, 0.5) is 5.95 Å². The summed E-state index contributed by atoms with van der Waals surface area (Å²) in [4.78, 5) is 11.7. The molecule has 2 rings (SSSR count). The van der Waals surface area contributed by atoms with Gasteiger partial charge in [0.25, 0.3) is 0 Å². The van der Waals surface area contributed by atoms with Gasteiger partial charge in [0.1, 0.15) is 4.90 Å². The van der Waals surface area contributed by atoms with E-state index in [9.17, 15) is 8.42 Å². The molecule has 0 atom stereocenters. The summed E-state index contributed by atoms with van der Waals surface area (Å²) in [5.74, 6) is 0.369. The molecule has 2 aromatic heterocycles. The lowest BCUT2D eigenvalue weighted by Gasteiger charge is -2.05. The fourth-order valence-electron chi connectivity index (χ4n) is 1.16. The lowest BCUT2D eigenvalue weighted by Crippen LogP contribution is -2.23. The molecule has 9 heteroatoms. The fraction of sp³-hybridized carbons (Fsp3) is 0.222. The van der Waals surface area contributed by atoms with Gasteiger partial charge in [-0.3, -0.25) is 0 Å². The van der Waals surface area contributed by atoms with Crippen molar-refractivity contribution in [2.75, 3.05) is 12.4 Å². The Hall–Kier alpha value is -1.58. The zero-order valence-electron chi connectivity index (χ0n) is 9.49. The second kappa shape index (κ2) is 5.38. The van der Waals surface area contributed by atoms with Crippen molar-refractivity contribution in [1.29, 1.82) is 0 Å². The van der Waals surface area contributed by atoms with Crippen molar-refractivity contribution in [2.24, 2.45) is 0 Å². The zero-order chi connectivity index (χ0) is 13.0. The van der Waals surface area contributed by atoms with Crippen molar-refractivity contribution in [3.05, 3.63) is 29.0 Å². The van der Waals surface area contributed by atoms with E-state index in [4.69, 9.17) is 0 Å². The van der Waals surface area contributed by atoms with E-state index in [1.807, 2.05) is 0 Å². The van der Waals surface area contributed by atoms with Crippen LogP contribution in [0.3, 0.4) is 0 Å². The van der Waals surface area contributed by atoms with Crippen molar-refractivity contribution < 1.29 is 8.42 Å². The quantitative estimate of drug-likeness (QED) is 0.828. The van der Waals surface area contributed by atoms with Crippen LogP contribution in [-0.2, 0) is 16.6 Å². The first kappa shape index (κ1) is 12.9. The molecule has 18 heavy (non-hydrogen) atoms. The molecule has 2 aromatic rings. The van der Waals surface area contributed by atoms with Gasteiger partial charge in [-0.2, -0.15) is 0 Å². The van der Waals surface area contributed by atoms with Gasteiger partial charge in [0.15, 0.2) is 0 Å². The van der Waals surface area contributed by atoms with Gasteiger partial charge in [-0.15, -0.1) is 11.3 Å². The lowest BCUT2D eigenvalue weighted by molar-refractivity contribution is 0.579. The van der Waals surface area contributed by atoms with Crippen LogP contribution in [0.5, 0.6) is 0 Å². The SMILES string of the molecule is CNc1ncc(S(=O)(=O)NCc2cscn2)cn1. The van der Waals surface area contributed by atoms with Gasteiger partial charge in [-0.25, -0.2) is 28.1 Å². The number of sulfonamides is 1. The van der Waals surface area contributed by atoms with E-state index in [1.54, 1.807) is 17.9 Å². The first-order chi connectivity index (χ1) is 8.62. The molecular formula is C9H11N5O2S2. The predicted octanol–water partition coefficient (Wildman–Crippen LogP) is 0.453. The molecule has 0 radical (unpaired) electrons. The Morgan fingerprint density at radius 1 is 1.28 bits per heavy atom. The Morgan fingerprint density at radius 2 is 2.00 bits per heavy atom. The average molecular weight is 285 g/mol. The molecule has 0 saturated carbocycles. The number of hydrogen-bond donors (Lipinski definition) is 2. The Balaban J connectivity index is 2.09. The minimum Gasteiger partial charge on any atom is -0.357 e. The first-order valence-electron chi connectivity index (χ1n) is 4.98. The van der Waals surface area contributed by atoms with E-state index in [1.165, 1.54) is 23.7 Å². The molecular weight excluding hydrogens is 274 g/mol. The van der Waals surface area contributed by atoms with Crippen LogP contribution in [0.2, 0.25) is 0 Å². The summed E-state index contributed by atoms with van der Waals surface area (Å²) >= 11 is 1.41. The summed E-state index contributed by atoms with van der Waals surface area (Å²) in [6.45, 7) is 0.152. The minimum absolute atomic E-state index is 0.0247. The maximum absolute atomic E-state index is 11.9. The molecule has 2 heterocycles. The average Bonchev–Trinajstić information content (AvgIpc) is 2.90. The van der Waals surface area contributed by atoms with E-state index >= 15 is 0 Å². The highest BCUT2D eigenvalue weighted by atomic mass is 32.2. The molecule has 0 fully saturated rings. The summed E-state index contributed by atoms with van der Waals surface area (Å²) in [6.07, 6.45) is 2.50. The van der Waals surface area contributed by atoms with Crippen molar-refractivity contribution in [2.45, 2.75) is 11.4 Å². The molecule has 0 aliphatic carbocycles. The van der Waals surface area contributed by atoms with Gasteiger partial charge in [-0.1, -0.05) is 0 Å². The molecule has 0 aliphatic heterocycles. The summed E-state index contributed by atoms with van der Waals surface area (Å²) in [7, 11) is -1.94. The van der Waals surface area contributed by atoms with Crippen molar-refractivity contribution >= 4 is 27.3 Å². The van der Waals surface area contributed by atoms with Crippen LogP contribution in [0.1, 0.15) is 5.69 Å². The molecule has 2 N–H and O–H groups in total. The van der Waals surface area contributed by atoms with Crippen molar-refractivity contribution in [3.8, 4) is 0 Å². The second-order valence-electron chi connectivity index (χ2n) is 3.30. The summed E-state index contributed by atoms with van der Waals surface area (Å²) in [5, 5.41) is 4.49. The van der Waals surface area contributed by atoms with Gasteiger partial charge in [0.2, 0.25) is 16.0 Å². The number of rotatable bonds is 5. The molecule has 0 aliphatic rings. The third-order valence-electron chi connectivity index (χ3n) is 2.09. The van der Waals surface area contributed by atoms with Crippen LogP contribution < -0.4 is 10.0 Å². The highest BCUT2D eigenvalue weighted by Gasteiger charge is 2.15. The summed E-state index contributed by atoms with van der Waals surface area (Å²) in [6, 6.07) is 0. The third kappa shape index (κ3) is 3.00. The standard InChI is InChI=1S/C9H11N5O2S2/c1-10-9-11-3-8(4-12-9)18(15,16)14-2-7-5-17-6-13-7/h3-6,14H,2H2,1H3,(H,10,11,12). The summed E-state index contributed by atoms with van der Waals surface area (Å²) in [5.41, 5.74) is 2.32. The number of thiazole rings is 1. The fourth-order valence-corrected chi connectivity index (χ4v) is 2.61. The van der Waals surface area contributed by atoms with Crippen molar-refractivity contribution in [3.63, 3.8) is 0 Å². The van der Waals surface area contributed by atoms with E-state index in [-0.39, 0.29) is 11.4 Å². The molecule has 7 nitrogen and oxygen atoms in total. The molecule has 96 valence electrons. The zero-order valence-corrected chi connectivity index (χ0v) is 11.1. The van der Waals surface area contributed by atoms with Gasteiger partial charge >= 0.3 is 0 Å². The lowest BCUT2D eigenvalue weighted by atomic mass is 10.5. The highest BCUT2D eigenvalue weighted by Crippen LogP contribution is 2.08. The predicted molar refractivity (Wildman–Crippen MR) is 67.7 cm³/mol. The Morgan fingerprint density at radius 3 is 2.56 bits per heavy atom. The topological polar surface area (TPSA) is 96.9 Å². The van der Waals surface area contributed by atoms with Crippen LogP contribution in [0, 0.1) is 0 Å². The summed E-state index contributed by atoms with van der Waals surface area (Å²) < 4.78 is 26.2. The van der Waals surface area contributed by atoms with Gasteiger partial charge in [0, 0.05) is 12.4 Å². The van der Waals surface area contributed by atoms with E-state index in [0.29, 0.717) is 11.6 Å². The number of aromatic nitrogens is 3. The van der Waals surface area contributed by atoms with E-state index < -0.39 is 10.0 Å². The Labute approximate surface area is 108 Å². The van der Waals surface area contributed by atoms with Gasteiger partial charge in [0.05, 0.1) is 30.1 Å². The maximum Gasteiger partial charge on any atom is 0.244 e. The number of nitrogens with zero attached hydrogens (tertiary/aromatic N) is 3. The molecule has 0 bridgehead atoms. The molecule has 0 aromatic carbocycles. The number of anilines is 1. The smallest absolute Gasteiger partial charge is 0.244 e. The third-order valence-corrected chi connectivity index (χ3v) is 4.08. The van der Waals surface area contributed by atoms with Crippen LogP contribution in [0.25, 0.3) is 0 Å². The van der Waals surface area contributed by atoms with E-state index in [2.05, 4.69) is 25.0 Å². The molecule has 0 unspecified atom stereocenters. The highest BCUT2D eigenvalue weighted by molar-refractivity contribution is 7.89. The van der Waals surface area contributed by atoms with E-state index in [0.717, 1.165) is 0 Å². The normalized spacial score (nSPS) is 11.4. The molecule has 0 spiro atoms. The van der Waals surface area contributed by atoms with Gasteiger partial charge in [-0.05, 0) is 0 Å². The monoisotopic (exact) mass is 285 g/mol. The second-order valence-corrected chi connectivity index (χ2v) is 5.78. The maximum atomic E-state index is 11.9. The van der Waals surface area contributed by atoms with Crippen LogP contribution in [-0.4, -0.2) is 30.4 Å². The molecule has 0 saturated heterocycles. The Bertz CT molecular complexity index is 594. The van der Waals surface area contributed by atoms with Gasteiger partial charge < -0.3 is 5.32 Å². The Kier molecular flexibility index (Phi) is 3.84. The first-order valence-corrected chi connectivity index (χ1v) is 7.41. The van der Waals surface area contributed by atoms with Crippen LogP contribution >= 0.6 is 11.3 Å². The minimum atomic E-state index is -3.60. The van der Waals surface area contributed by atoms with Crippen molar-refractivity contribution in [1.82, 2.24) is 19.7 Å². The van der Waals surface area contributed by atoms with Crippen LogP contribution in [0.15, 0.2) is 28.2 Å².